The second-order valence-electron chi connectivity index (χ2n) is 9.82. The number of rotatable bonds is 6. The van der Waals surface area contributed by atoms with E-state index in [1.807, 2.05) is 0 Å². The average molecular weight is 561 g/mol. The van der Waals surface area contributed by atoms with Crippen LogP contribution in [0.25, 0.3) is 5.78 Å². The van der Waals surface area contributed by atoms with Crippen LogP contribution in [0.5, 0.6) is 5.88 Å². The van der Waals surface area contributed by atoms with Gasteiger partial charge in [-0.1, -0.05) is 36.4 Å². The monoisotopic (exact) mass is 560 g/mol. The summed E-state index contributed by atoms with van der Waals surface area (Å²) in [6.45, 7) is 4.95. The van der Waals surface area contributed by atoms with E-state index >= 15 is 0 Å². The molecule has 1 aromatic carbocycles. The second-order valence-corrected chi connectivity index (χ2v) is 11.4. The maximum atomic E-state index is 12.9. The molecule has 5 rings (SSSR count). The number of carbonyl (C=O) groups excluding carboxylic acids is 2. The number of imidazole rings is 1. The molecular formula is C24H29ClN8O4S. The zero-order chi connectivity index (χ0) is 27.0. The number of fused-ring (bicyclic) bond motifs is 1. The summed E-state index contributed by atoms with van der Waals surface area (Å²) in [6.07, 6.45) is 4.30. The van der Waals surface area contributed by atoms with Crippen LogP contribution in [0.4, 0.5) is 5.69 Å². The van der Waals surface area contributed by atoms with Gasteiger partial charge in [0.25, 0.3) is 17.4 Å². The van der Waals surface area contributed by atoms with Crippen LogP contribution < -0.4 is 27.2 Å². The summed E-state index contributed by atoms with van der Waals surface area (Å²) >= 11 is 7.94. The minimum absolute atomic E-state index is 0.102. The van der Waals surface area contributed by atoms with E-state index in [-0.39, 0.29) is 33.2 Å². The van der Waals surface area contributed by atoms with Gasteiger partial charge in [-0.25, -0.2) is 4.98 Å². The lowest BCUT2D eigenvalue weighted by molar-refractivity contribution is -0.130. The van der Waals surface area contributed by atoms with Gasteiger partial charge in [0.05, 0.1) is 16.1 Å². The smallest absolute Gasteiger partial charge is 0.269 e. The number of thioether (sulfide) groups is 1. The third kappa shape index (κ3) is 5.12. The number of benzene rings is 1. The van der Waals surface area contributed by atoms with Crippen molar-refractivity contribution in [1.29, 1.82) is 0 Å². The van der Waals surface area contributed by atoms with Crippen molar-refractivity contribution in [2.45, 2.75) is 36.2 Å². The van der Waals surface area contributed by atoms with E-state index in [0.717, 1.165) is 25.9 Å². The van der Waals surface area contributed by atoms with Crippen molar-refractivity contribution in [3.63, 3.8) is 0 Å². The first-order valence-electron chi connectivity index (χ1n) is 12.2. The van der Waals surface area contributed by atoms with Crippen LogP contribution in [-0.2, 0) is 4.79 Å². The molecule has 38 heavy (non-hydrogen) atoms. The lowest BCUT2D eigenvalue weighted by Crippen LogP contribution is -2.65. The lowest BCUT2D eigenvalue weighted by atomic mass is 9.80. The van der Waals surface area contributed by atoms with Gasteiger partial charge < -0.3 is 21.5 Å². The molecule has 2 aliphatic rings. The van der Waals surface area contributed by atoms with Crippen LogP contribution in [0.15, 0.2) is 40.3 Å². The molecule has 2 fully saturated rings. The average Bonchev–Trinajstić information content (AvgIpc) is 3.36. The molecule has 2 saturated heterocycles. The Balaban J connectivity index is 1.24. The van der Waals surface area contributed by atoms with Gasteiger partial charge >= 0.3 is 0 Å². The van der Waals surface area contributed by atoms with Gasteiger partial charge in [0.15, 0.2) is 5.56 Å². The molecule has 2 aromatic heterocycles. The number of aromatic hydroxyl groups is 1. The third-order valence-corrected chi connectivity index (χ3v) is 8.85. The van der Waals surface area contributed by atoms with E-state index in [1.54, 1.807) is 18.2 Å². The van der Waals surface area contributed by atoms with Crippen molar-refractivity contribution in [2.24, 2.45) is 11.1 Å². The number of piperidine rings is 1. The molecule has 12 nitrogen and oxygen atoms in total. The molecule has 0 radical (unpaired) electrons. The molecule has 2 amide bonds. The van der Waals surface area contributed by atoms with E-state index in [9.17, 15) is 19.5 Å². The number of nitrogens with one attached hydrogen (secondary N) is 4. The zero-order valence-corrected chi connectivity index (χ0v) is 22.2. The second kappa shape index (κ2) is 10.6. The molecule has 7 N–H and O–H groups in total. The minimum atomic E-state index is -0.828. The van der Waals surface area contributed by atoms with Crippen molar-refractivity contribution in [3.05, 3.63) is 51.5 Å². The van der Waals surface area contributed by atoms with Gasteiger partial charge in [0.2, 0.25) is 11.7 Å². The molecule has 0 aliphatic carbocycles. The van der Waals surface area contributed by atoms with Gasteiger partial charge in [0, 0.05) is 36.9 Å². The highest BCUT2D eigenvalue weighted by Gasteiger charge is 2.37. The largest absolute Gasteiger partial charge is 0.493 e. The highest BCUT2D eigenvalue weighted by Crippen LogP contribution is 2.36. The number of H-pyrrole nitrogens is 1. The summed E-state index contributed by atoms with van der Waals surface area (Å²) in [4.78, 5) is 47.3. The third-order valence-electron chi connectivity index (χ3n) is 7.16. The van der Waals surface area contributed by atoms with Crippen molar-refractivity contribution in [2.75, 3.05) is 31.5 Å². The molecule has 202 valence electrons. The molecule has 2 aliphatic heterocycles. The summed E-state index contributed by atoms with van der Waals surface area (Å²) in [6, 6.07) is 5.07. The standard InChI is InChI=1S/C24H29ClN8O4S/c1-24(12-26)5-8-32(9-6-24)18-21(36)30-15(11-28-18)38-14-4-2-3-13(17(14)25)29-19(34)16-20(35)31-23-27-7-10-33(23)22(16)37/h2-4,7,10,15,18,28,37H,5-6,8-9,11-12,26H2,1H3,(H,29,34)(H,30,36)(H,27,31,35). The zero-order valence-electron chi connectivity index (χ0n) is 20.7. The predicted molar refractivity (Wildman–Crippen MR) is 144 cm³/mol. The molecule has 2 unspecified atom stereocenters. The lowest BCUT2D eigenvalue weighted by Gasteiger charge is -2.43. The van der Waals surface area contributed by atoms with Crippen molar-refractivity contribution in [3.8, 4) is 5.88 Å². The summed E-state index contributed by atoms with van der Waals surface area (Å²) in [5, 5.41) is 19.4. The minimum Gasteiger partial charge on any atom is -0.493 e. The van der Waals surface area contributed by atoms with Gasteiger partial charge in [-0.15, -0.1) is 0 Å². The van der Waals surface area contributed by atoms with Crippen LogP contribution in [0.3, 0.4) is 0 Å². The number of aromatic amines is 1. The molecule has 14 heteroatoms. The quantitative estimate of drug-likeness (QED) is 0.259. The highest BCUT2D eigenvalue weighted by molar-refractivity contribution is 8.00. The van der Waals surface area contributed by atoms with Crippen molar-refractivity contribution >= 4 is 46.6 Å². The number of hydrogen-bond acceptors (Lipinski definition) is 9. The van der Waals surface area contributed by atoms with Gasteiger partial charge in [-0.05, 0) is 36.9 Å². The number of anilines is 1. The van der Waals surface area contributed by atoms with E-state index in [4.69, 9.17) is 17.3 Å². The van der Waals surface area contributed by atoms with Crippen LogP contribution in [0, 0.1) is 5.41 Å². The van der Waals surface area contributed by atoms with Gasteiger partial charge in [-0.2, -0.15) is 0 Å². The topological polar surface area (TPSA) is 170 Å². The number of halogens is 1. The van der Waals surface area contributed by atoms with Gasteiger partial charge in [0.1, 0.15) is 6.17 Å². The number of hydrogen-bond donors (Lipinski definition) is 6. The predicted octanol–water partition coefficient (Wildman–Crippen LogP) is 1.16. The molecule has 3 aromatic rings. The molecule has 0 spiro atoms. The number of aromatic nitrogens is 3. The van der Waals surface area contributed by atoms with Crippen LogP contribution in [-0.4, -0.2) is 73.9 Å². The van der Waals surface area contributed by atoms with E-state index in [1.165, 1.54) is 28.6 Å². The maximum absolute atomic E-state index is 12.9. The Morgan fingerprint density at radius 2 is 2.11 bits per heavy atom. The first-order chi connectivity index (χ1) is 18.2. The van der Waals surface area contributed by atoms with E-state index in [2.05, 4.69) is 37.7 Å². The summed E-state index contributed by atoms with van der Waals surface area (Å²) in [5.74, 6) is -1.35. The summed E-state index contributed by atoms with van der Waals surface area (Å²) < 4.78 is 1.19. The Morgan fingerprint density at radius 3 is 2.82 bits per heavy atom. The normalized spacial score (nSPS) is 21.8. The number of nitrogens with two attached hydrogens (primary N) is 1. The summed E-state index contributed by atoms with van der Waals surface area (Å²) in [5.41, 5.74) is 5.04. The van der Waals surface area contributed by atoms with E-state index < -0.39 is 29.1 Å². The molecule has 0 bridgehead atoms. The molecule has 4 heterocycles. The van der Waals surface area contributed by atoms with Crippen LogP contribution >= 0.6 is 23.4 Å². The Bertz CT molecular complexity index is 1430. The Kier molecular flexibility index (Phi) is 7.38. The van der Waals surface area contributed by atoms with Crippen molar-refractivity contribution in [1.82, 2.24) is 29.9 Å². The first kappa shape index (κ1) is 26.5. The first-order valence-corrected chi connectivity index (χ1v) is 13.5. The van der Waals surface area contributed by atoms with E-state index in [0.29, 0.717) is 18.0 Å². The van der Waals surface area contributed by atoms with Crippen molar-refractivity contribution < 1.29 is 14.7 Å². The SMILES string of the molecule is CC1(CN)CCN(C2NCC(Sc3cccc(NC(=O)c4c(O)n5ccnc5[nH]c4=O)c3Cl)NC2=O)CC1. The molecule has 2 atom stereocenters. The number of piperazine rings is 1. The highest BCUT2D eigenvalue weighted by atomic mass is 35.5. The van der Waals surface area contributed by atoms with Gasteiger partial charge in [-0.3, -0.25) is 34.0 Å². The van der Waals surface area contributed by atoms with Crippen LogP contribution in [0.2, 0.25) is 5.02 Å². The number of likely N-dealkylation sites (tertiary alicyclic amines) is 1. The maximum Gasteiger partial charge on any atom is 0.269 e. The Labute approximate surface area is 227 Å². The fourth-order valence-corrected chi connectivity index (χ4v) is 6.02. The molecule has 0 saturated carbocycles. The fraction of sp³-hybridized carbons (Fsp3) is 0.417. The number of nitrogens with zero attached hydrogens (tertiary/aromatic N) is 3. The fourth-order valence-electron chi connectivity index (χ4n) is 4.69. The Hall–Kier alpha value is -3.10. The Morgan fingerprint density at radius 1 is 1.34 bits per heavy atom. The summed E-state index contributed by atoms with van der Waals surface area (Å²) in [7, 11) is 0. The number of carbonyl (C=O) groups is 2. The number of amides is 2. The molecular weight excluding hydrogens is 532 g/mol. The van der Waals surface area contributed by atoms with Crippen LogP contribution in [0.1, 0.15) is 30.1 Å².